The molecule has 0 aromatic heterocycles. The van der Waals surface area contributed by atoms with Crippen LogP contribution in [0, 0.1) is 6.92 Å². The average molecular weight is 277 g/mol. The van der Waals surface area contributed by atoms with Crippen LogP contribution in [0.25, 0.3) is 0 Å². The lowest BCUT2D eigenvalue weighted by Crippen LogP contribution is -2.20. The first-order chi connectivity index (χ1) is 8.83. The standard InChI is InChI=1S/C13H18F3NO2/c1-9-3-4-12(18-2)10(7-9)11(17)8-19-6-5-13(14,15)16/h3-4,7,11H,5-6,8,17H2,1-2H3. The van der Waals surface area contributed by atoms with Crippen molar-refractivity contribution < 1.29 is 22.6 Å². The van der Waals surface area contributed by atoms with Crippen molar-refractivity contribution in [2.75, 3.05) is 20.3 Å². The quantitative estimate of drug-likeness (QED) is 0.813. The maximum atomic E-state index is 11.9. The molecular weight excluding hydrogens is 259 g/mol. The topological polar surface area (TPSA) is 44.5 Å². The molecule has 0 spiro atoms. The third kappa shape index (κ3) is 5.48. The van der Waals surface area contributed by atoms with E-state index in [1.165, 1.54) is 7.11 Å². The molecule has 108 valence electrons. The number of alkyl halides is 3. The summed E-state index contributed by atoms with van der Waals surface area (Å²) in [5.41, 5.74) is 7.64. The van der Waals surface area contributed by atoms with Gasteiger partial charge in [0.15, 0.2) is 0 Å². The summed E-state index contributed by atoms with van der Waals surface area (Å²) < 4.78 is 46.0. The Kier molecular flexibility index (Phi) is 5.62. The fraction of sp³-hybridized carbons (Fsp3) is 0.538. The second-order valence-corrected chi connectivity index (χ2v) is 4.29. The smallest absolute Gasteiger partial charge is 0.391 e. The van der Waals surface area contributed by atoms with Crippen LogP contribution in [0.4, 0.5) is 13.2 Å². The highest BCUT2D eigenvalue weighted by Crippen LogP contribution is 2.25. The van der Waals surface area contributed by atoms with Crippen molar-refractivity contribution in [2.24, 2.45) is 5.73 Å². The first-order valence-corrected chi connectivity index (χ1v) is 5.88. The Morgan fingerprint density at radius 1 is 1.32 bits per heavy atom. The molecule has 0 saturated carbocycles. The van der Waals surface area contributed by atoms with E-state index in [2.05, 4.69) is 0 Å². The van der Waals surface area contributed by atoms with Gasteiger partial charge in [-0.3, -0.25) is 0 Å². The SMILES string of the molecule is COc1ccc(C)cc1C(N)COCCC(F)(F)F. The molecule has 0 fully saturated rings. The second kappa shape index (κ2) is 6.77. The summed E-state index contributed by atoms with van der Waals surface area (Å²) in [5, 5.41) is 0. The van der Waals surface area contributed by atoms with Gasteiger partial charge in [0.2, 0.25) is 0 Å². The molecule has 6 heteroatoms. The van der Waals surface area contributed by atoms with Crippen LogP contribution in [0.1, 0.15) is 23.6 Å². The molecule has 3 nitrogen and oxygen atoms in total. The summed E-state index contributed by atoms with van der Waals surface area (Å²) in [5.74, 6) is 0.609. The minimum absolute atomic E-state index is 0.0237. The van der Waals surface area contributed by atoms with Crippen LogP contribution in [0.15, 0.2) is 18.2 Å². The zero-order chi connectivity index (χ0) is 14.5. The van der Waals surface area contributed by atoms with E-state index in [-0.39, 0.29) is 13.2 Å². The Morgan fingerprint density at radius 3 is 2.58 bits per heavy atom. The first-order valence-electron chi connectivity index (χ1n) is 5.88. The summed E-state index contributed by atoms with van der Waals surface area (Å²) in [6, 6.07) is 4.99. The van der Waals surface area contributed by atoms with Gasteiger partial charge in [-0.25, -0.2) is 0 Å². The first kappa shape index (κ1) is 15.8. The van der Waals surface area contributed by atoms with Gasteiger partial charge in [-0.1, -0.05) is 17.7 Å². The highest BCUT2D eigenvalue weighted by atomic mass is 19.4. The average Bonchev–Trinajstić information content (AvgIpc) is 2.33. The number of rotatable bonds is 6. The molecule has 2 N–H and O–H groups in total. The summed E-state index contributed by atoms with van der Waals surface area (Å²) in [7, 11) is 1.52. The third-order valence-corrected chi connectivity index (χ3v) is 2.61. The van der Waals surface area contributed by atoms with Gasteiger partial charge in [0.25, 0.3) is 0 Å². The lowest BCUT2D eigenvalue weighted by molar-refractivity contribution is -0.145. The predicted octanol–water partition coefficient (Wildman–Crippen LogP) is 2.97. The zero-order valence-electron chi connectivity index (χ0n) is 11.0. The Balaban J connectivity index is 2.53. The van der Waals surface area contributed by atoms with Gasteiger partial charge in [-0.05, 0) is 13.0 Å². The van der Waals surface area contributed by atoms with Crippen LogP contribution in [0.3, 0.4) is 0 Å². The number of hydrogen-bond donors (Lipinski definition) is 1. The van der Waals surface area contributed by atoms with Gasteiger partial charge in [0, 0.05) is 5.56 Å². The van der Waals surface area contributed by atoms with E-state index in [0.717, 1.165) is 11.1 Å². The molecular formula is C13H18F3NO2. The maximum absolute atomic E-state index is 11.9. The Labute approximate surface area is 110 Å². The van der Waals surface area contributed by atoms with Crippen molar-refractivity contribution in [2.45, 2.75) is 25.6 Å². The minimum Gasteiger partial charge on any atom is -0.496 e. The Morgan fingerprint density at radius 2 is 2.00 bits per heavy atom. The van der Waals surface area contributed by atoms with Crippen molar-refractivity contribution in [1.82, 2.24) is 0 Å². The molecule has 0 aliphatic rings. The molecule has 0 radical (unpaired) electrons. The fourth-order valence-corrected chi connectivity index (χ4v) is 1.63. The fourth-order valence-electron chi connectivity index (χ4n) is 1.63. The molecule has 1 unspecified atom stereocenters. The van der Waals surface area contributed by atoms with Gasteiger partial charge in [-0.15, -0.1) is 0 Å². The summed E-state index contributed by atoms with van der Waals surface area (Å²) in [6.07, 6.45) is -5.17. The normalized spacial score (nSPS) is 13.4. The van der Waals surface area contributed by atoms with Gasteiger partial charge < -0.3 is 15.2 Å². The van der Waals surface area contributed by atoms with Crippen molar-refractivity contribution in [3.05, 3.63) is 29.3 Å². The van der Waals surface area contributed by atoms with E-state index >= 15 is 0 Å². The van der Waals surface area contributed by atoms with E-state index in [1.54, 1.807) is 6.07 Å². The Bertz CT molecular complexity index is 407. The monoisotopic (exact) mass is 277 g/mol. The number of methoxy groups -OCH3 is 1. The molecule has 1 aromatic rings. The summed E-state index contributed by atoms with van der Waals surface area (Å²) in [4.78, 5) is 0. The highest BCUT2D eigenvalue weighted by Gasteiger charge is 2.26. The molecule has 19 heavy (non-hydrogen) atoms. The van der Waals surface area contributed by atoms with Crippen molar-refractivity contribution in [1.29, 1.82) is 0 Å². The van der Waals surface area contributed by atoms with Crippen LogP contribution in [0.5, 0.6) is 5.75 Å². The maximum Gasteiger partial charge on any atom is 0.391 e. The van der Waals surface area contributed by atoms with Gasteiger partial charge >= 0.3 is 6.18 Å². The molecule has 1 atom stereocenters. The molecule has 0 bridgehead atoms. The van der Waals surface area contributed by atoms with E-state index in [9.17, 15) is 13.2 Å². The van der Waals surface area contributed by atoms with Crippen molar-refractivity contribution >= 4 is 0 Å². The van der Waals surface area contributed by atoms with E-state index < -0.39 is 18.6 Å². The molecule has 0 aliphatic heterocycles. The predicted molar refractivity (Wildman–Crippen MR) is 66.2 cm³/mol. The number of benzene rings is 1. The molecule has 1 aromatic carbocycles. The largest absolute Gasteiger partial charge is 0.496 e. The number of nitrogens with two attached hydrogens (primary N) is 1. The van der Waals surface area contributed by atoms with E-state index in [4.69, 9.17) is 15.2 Å². The Hall–Kier alpha value is -1.27. The van der Waals surface area contributed by atoms with Crippen molar-refractivity contribution in [3.8, 4) is 5.75 Å². The number of hydrogen-bond acceptors (Lipinski definition) is 3. The summed E-state index contributed by atoms with van der Waals surface area (Å²) in [6.45, 7) is 1.54. The molecule has 0 heterocycles. The highest BCUT2D eigenvalue weighted by molar-refractivity contribution is 5.39. The van der Waals surface area contributed by atoms with Crippen LogP contribution in [-0.2, 0) is 4.74 Å². The van der Waals surface area contributed by atoms with Gasteiger partial charge in [-0.2, -0.15) is 13.2 Å². The van der Waals surface area contributed by atoms with Crippen molar-refractivity contribution in [3.63, 3.8) is 0 Å². The van der Waals surface area contributed by atoms with E-state index in [0.29, 0.717) is 5.75 Å². The van der Waals surface area contributed by atoms with Crippen LogP contribution >= 0.6 is 0 Å². The lowest BCUT2D eigenvalue weighted by Gasteiger charge is -2.17. The zero-order valence-corrected chi connectivity index (χ0v) is 11.0. The summed E-state index contributed by atoms with van der Waals surface area (Å²) >= 11 is 0. The lowest BCUT2D eigenvalue weighted by atomic mass is 10.0. The van der Waals surface area contributed by atoms with Gasteiger partial charge in [0.1, 0.15) is 5.75 Å². The van der Waals surface area contributed by atoms with E-state index in [1.807, 2.05) is 19.1 Å². The second-order valence-electron chi connectivity index (χ2n) is 4.29. The molecule has 0 aliphatic carbocycles. The van der Waals surface area contributed by atoms with Crippen LogP contribution in [0.2, 0.25) is 0 Å². The minimum atomic E-state index is -4.20. The van der Waals surface area contributed by atoms with Gasteiger partial charge in [0.05, 0.1) is 32.8 Å². The molecule has 0 amide bonds. The van der Waals surface area contributed by atoms with Crippen LogP contribution in [-0.4, -0.2) is 26.5 Å². The van der Waals surface area contributed by atoms with Crippen LogP contribution < -0.4 is 10.5 Å². The number of ether oxygens (including phenoxy) is 2. The number of halogens is 3. The third-order valence-electron chi connectivity index (χ3n) is 2.61. The molecule has 0 saturated heterocycles. The molecule has 1 rings (SSSR count). The number of aryl methyl sites for hydroxylation is 1.